The minimum atomic E-state index is -0.0741. The summed E-state index contributed by atoms with van der Waals surface area (Å²) >= 11 is 0. The number of rotatable bonds is 4. The zero-order chi connectivity index (χ0) is 7.28. The molecule has 2 atom stereocenters. The monoisotopic (exact) mass is 130 g/mol. The Labute approximate surface area is 55.8 Å². The summed E-state index contributed by atoms with van der Waals surface area (Å²) in [7, 11) is 3.60. The van der Waals surface area contributed by atoms with Gasteiger partial charge in [0.1, 0.15) is 6.29 Å². The van der Waals surface area contributed by atoms with E-state index in [4.69, 9.17) is 0 Å². The normalized spacial score (nSPS) is 16.8. The molecule has 2 N–H and O–H groups in total. The van der Waals surface area contributed by atoms with E-state index in [2.05, 4.69) is 10.6 Å². The van der Waals surface area contributed by atoms with Gasteiger partial charge in [-0.3, -0.25) is 0 Å². The van der Waals surface area contributed by atoms with Gasteiger partial charge in [0.15, 0.2) is 0 Å². The number of carbonyl (C=O) groups excluding carboxylic acids is 1. The van der Waals surface area contributed by atoms with E-state index in [1.165, 1.54) is 0 Å². The molecule has 54 valence electrons. The second kappa shape index (κ2) is 4.47. The molecule has 0 spiro atoms. The second-order valence-electron chi connectivity index (χ2n) is 2.03. The Kier molecular flexibility index (Phi) is 4.26. The highest BCUT2D eigenvalue weighted by molar-refractivity contribution is 5.58. The quantitative estimate of drug-likeness (QED) is 0.498. The van der Waals surface area contributed by atoms with Gasteiger partial charge in [-0.25, -0.2) is 0 Å². The van der Waals surface area contributed by atoms with Gasteiger partial charge in [0, 0.05) is 6.04 Å². The smallest absolute Gasteiger partial charge is 0.138 e. The Morgan fingerprint density at radius 2 is 1.89 bits per heavy atom. The van der Waals surface area contributed by atoms with E-state index in [1.807, 2.05) is 14.0 Å². The average Bonchev–Trinajstić information content (AvgIpc) is 1.90. The lowest BCUT2D eigenvalue weighted by molar-refractivity contribution is -0.109. The summed E-state index contributed by atoms with van der Waals surface area (Å²) in [6.45, 7) is 1.95. The van der Waals surface area contributed by atoms with Crippen molar-refractivity contribution in [2.45, 2.75) is 19.0 Å². The first-order valence-electron chi connectivity index (χ1n) is 3.06. The predicted molar refractivity (Wildman–Crippen MR) is 37.4 cm³/mol. The van der Waals surface area contributed by atoms with Crippen molar-refractivity contribution in [2.24, 2.45) is 0 Å². The summed E-state index contributed by atoms with van der Waals surface area (Å²) < 4.78 is 0. The van der Waals surface area contributed by atoms with Gasteiger partial charge < -0.3 is 15.4 Å². The first-order valence-corrected chi connectivity index (χ1v) is 3.06. The third-order valence-corrected chi connectivity index (χ3v) is 1.47. The number of likely N-dealkylation sites (N-methyl/N-ethyl adjacent to an activating group) is 2. The average molecular weight is 130 g/mol. The van der Waals surface area contributed by atoms with Crippen molar-refractivity contribution in [2.75, 3.05) is 14.1 Å². The van der Waals surface area contributed by atoms with E-state index in [9.17, 15) is 4.79 Å². The minimum Gasteiger partial charge on any atom is -0.315 e. The molecule has 0 aliphatic rings. The summed E-state index contributed by atoms with van der Waals surface area (Å²) in [6.07, 6.45) is 0.904. The van der Waals surface area contributed by atoms with Crippen molar-refractivity contribution >= 4 is 6.29 Å². The highest BCUT2D eigenvalue weighted by Crippen LogP contribution is 1.85. The molecule has 0 aliphatic carbocycles. The summed E-state index contributed by atoms with van der Waals surface area (Å²) in [5.41, 5.74) is 0. The van der Waals surface area contributed by atoms with Gasteiger partial charge >= 0.3 is 0 Å². The van der Waals surface area contributed by atoms with Crippen LogP contribution in [0.2, 0.25) is 0 Å². The SMILES string of the molecule is CNC(C)C(C=O)NC. The number of aldehydes is 1. The van der Waals surface area contributed by atoms with Gasteiger partial charge in [-0.1, -0.05) is 0 Å². The second-order valence-corrected chi connectivity index (χ2v) is 2.03. The largest absolute Gasteiger partial charge is 0.315 e. The lowest BCUT2D eigenvalue weighted by atomic mass is 10.2. The van der Waals surface area contributed by atoms with Crippen LogP contribution in [0, 0.1) is 0 Å². The lowest BCUT2D eigenvalue weighted by Crippen LogP contribution is -2.44. The summed E-state index contributed by atoms with van der Waals surface area (Å²) in [6, 6.07) is 0.127. The molecule has 0 radical (unpaired) electrons. The maximum absolute atomic E-state index is 10.2. The highest BCUT2D eigenvalue weighted by Gasteiger charge is 2.10. The third-order valence-electron chi connectivity index (χ3n) is 1.47. The molecule has 2 unspecified atom stereocenters. The molecule has 0 aromatic rings. The zero-order valence-corrected chi connectivity index (χ0v) is 6.14. The number of hydrogen-bond acceptors (Lipinski definition) is 3. The van der Waals surface area contributed by atoms with Crippen LogP contribution in [0.25, 0.3) is 0 Å². The van der Waals surface area contributed by atoms with E-state index in [-0.39, 0.29) is 12.1 Å². The molecular weight excluding hydrogens is 116 g/mol. The topological polar surface area (TPSA) is 41.1 Å². The van der Waals surface area contributed by atoms with Crippen molar-refractivity contribution in [1.82, 2.24) is 10.6 Å². The molecule has 0 amide bonds. The molecule has 3 nitrogen and oxygen atoms in total. The Balaban J connectivity index is 3.63. The maximum Gasteiger partial charge on any atom is 0.138 e. The van der Waals surface area contributed by atoms with Gasteiger partial charge in [-0.2, -0.15) is 0 Å². The van der Waals surface area contributed by atoms with Crippen LogP contribution >= 0.6 is 0 Å². The van der Waals surface area contributed by atoms with Gasteiger partial charge in [0.25, 0.3) is 0 Å². The van der Waals surface area contributed by atoms with E-state index in [0.717, 1.165) is 6.29 Å². The van der Waals surface area contributed by atoms with Crippen molar-refractivity contribution in [3.05, 3.63) is 0 Å². The molecule has 0 saturated carbocycles. The molecule has 0 fully saturated rings. The molecule has 0 heterocycles. The van der Waals surface area contributed by atoms with Crippen LogP contribution in [0.15, 0.2) is 0 Å². The van der Waals surface area contributed by atoms with Crippen LogP contribution in [0.4, 0.5) is 0 Å². The molecular formula is C6H14N2O. The Bertz CT molecular complexity index is 85.1. The number of nitrogens with one attached hydrogen (secondary N) is 2. The van der Waals surface area contributed by atoms with Gasteiger partial charge in [-0.05, 0) is 21.0 Å². The minimum absolute atomic E-state index is 0.0741. The van der Waals surface area contributed by atoms with E-state index < -0.39 is 0 Å². The van der Waals surface area contributed by atoms with Crippen LogP contribution < -0.4 is 10.6 Å². The molecule has 0 saturated heterocycles. The summed E-state index contributed by atoms with van der Waals surface area (Å²) in [5, 5.41) is 5.84. The molecule has 3 heteroatoms. The first kappa shape index (κ1) is 8.59. The van der Waals surface area contributed by atoms with E-state index in [1.54, 1.807) is 7.05 Å². The standard InChI is InChI=1S/C6H14N2O/c1-5(7-2)6(4-9)8-3/h4-8H,1-3H3. The third kappa shape index (κ3) is 2.58. The van der Waals surface area contributed by atoms with Gasteiger partial charge in [-0.15, -0.1) is 0 Å². The maximum atomic E-state index is 10.2. The molecule has 0 aromatic carbocycles. The highest BCUT2D eigenvalue weighted by atomic mass is 16.1. The Hall–Kier alpha value is -0.410. The van der Waals surface area contributed by atoms with Crippen LogP contribution in [0.1, 0.15) is 6.92 Å². The molecule has 0 bridgehead atoms. The van der Waals surface area contributed by atoms with Crippen molar-refractivity contribution < 1.29 is 4.79 Å². The van der Waals surface area contributed by atoms with Crippen LogP contribution in [0.3, 0.4) is 0 Å². The van der Waals surface area contributed by atoms with E-state index in [0.29, 0.717) is 0 Å². The molecule has 0 rings (SSSR count). The van der Waals surface area contributed by atoms with Gasteiger partial charge in [0.2, 0.25) is 0 Å². The summed E-state index contributed by atoms with van der Waals surface area (Å²) in [5.74, 6) is 0. The number of carbonyl (C=O) groups is 1. The van der Waals surface area contributed by atoms with Crippen molar-refractivity contribution in [1.29, 1.82) is 0 Å². The van der Waals surface area contributed by atoms with Crippen molar-refractivity contribution in [3.63, 3.8) is 0 Å². The fourth-order valence-electron chi connectivity index (χ4n) is 0.615. The molecule has 0 aromatic heterocycles. The fourth-order valence-corrected chi connectivity index (χ4v) is 0.615. The van der Waals surface area contributed by atoms with E-state index >= 15 is 0 Å². The van der Waals surface area contributed by atoms with Crippen LogP contribution in [0.5, 0.6) is 0 Å². The Morgan fingerprint density at radius 1 is 1.33 bits per heavy atom. The zero-order valence-electron chi connectivity index (χ0n) is 6.14. The van der Waals surface area contributed by atoms with Crippen LogP contribution in [-0.4, -0.2) is 32.5 Å². The van der Waals surface area contributed by atoms with Gasteiger partial charge in [0.05, 0.1) is 6.04 Å². The predicted octanol–water partition coefficient (Wildman–Crippen LogP) is -0.619. The van der Waals surface area contributed by atoms with Crippen LogP contribution in [-0.2, 0) is 4.79 Å². The summed E-state index contributed by atoms with van der Waals surface area (Å²) in [4.78, 5) is 10.2. The Morgan fingerprint density at radius 3 is 2.00 bits per heavy atom. The first-order chi connectivity index (χ1) is 4.26. The lowest BCUT2D eigenvalue weighted by Gasteiger charge is -2.16. The van der Waals surface area contributed by atoms with Crippen molar-refractivity contribution in [3.8, 4) is 0 Å². The number of hydrogen-bond donors (Lipinski definition) is 2. The molecule has 0 aliphatic heterocycles. The molecule has 9 heavy (non-hydrogen) atoms. The fraction of sp³-hybridized carbons (Fsp3) is 0.833.